The molecule has 4 rings (SSSR count). The van der Waals surface area contributed by atoms with Gasteiger partial charge in [0.2, 0.25) is 17.8 Å². The maximum Gasteiger partial charge on any atom is 0.225 e. The summed E-state index contributed by atoms with van der Waals surface area (Å²) in [6.07, 6.45) is 4.15. The molecular formula is C22H26Cl2FN7O2. The van der Waals surface area contributed by atoms with Gasteiger partial charge in [-0.25, -0.2) is 14.4 Å². The normalized spacial score (nSPS) is 21.4. The van der Waals surface area contributed by atoms with Gasteiger partial charge in [0.05, 0.1) is 28.5 Å². The van der Waals surface area contributed by atoms with Crippen LogP contribution in [0.3, 0.4) is 0 Å². The largest absolute Gasteiger partial charge is 0.394 e. The quantitative estimate of drug-likeness (QED) is 0.370. The van der Waals surface area contributed by atoms with Crippen LogP contribution in [0, 0.1) is 11.2 Å². The highest BCUT2D eigenvalue weighted by Crippen LogP contribution is 2.43. The number of aromatic nitrogens is 4. The van der Waals surface area contributed by atoms with Crippen molar-refractivity contribution in [1.29, 1.82) is 0 Å². The predicted molar refractivity (Wildman–Crippen MR) is 130 cm³/mol. The summed E-state index contributed by atoms with van der Waals surface area (Å²) in [5, 5.41) is 15.8. The third-order valence-corrected chi connectivity index (χ3v) is 6.94. The van der Waals surface area contributed by atoms with Crippen LogP contribution in [0.5, 0.6) is 0 Å². The molecule has 5 N–H and O–H groups in total. The van der Waals surface area contributed by atoms with Gasteiger partial charge in [0.15, 0.2) is 5.65 Å². The molecule has 0 saturated heterocycles. The number of anilines is 3. The molecule has 0 bridgehead atoms. The lowest BCUT2D eigenvalue weighted by atomic mass is 9.73. The molecule has 1 amide bonds. The molecule has 34 heavy (non-hydrogen) atoms. The van der Waals surface area contributed by atoms with Crippen molar-refractivity contribution in [1.82, 2.24) is 19.5 Å². The number of nitrogens with one attached hydrogen (secondary N) is 2. The average Bonchev–Trinajstić information content (AvgIpc) is 3.14. The lowest BCUT2D eigenvalue weighted by Gasteiger charge is -2.35. The first-order chi connectivity index (χ1) is 16.1. The molecule has 0 radical (unpaired) electrons. The first-order valence-electron chi connectivity index (χ1n) is 10.9. The standard InChI is InChI=1S/C22H26Cl2FN7O2/c1-11(10-33)28-20-27-9-16-18(31-20)32(13-3-5-22(2,6-4-13)19(26)34)21(29-16)30-17-14(23)7-12(25)8-15(17)24/h7-9,11,13,33H,3-6,10H2,1-2H3,(H2,26,34)(H,29,30)(H,27,28,31)/t11-,13?,22?/m0/s1. The number of carbonyl (C=O) groups is 1. The molecule has 0 spiro atoms. The highest BCUT2D eigenvalue weighted by Gasteiger charge is 2.37. The molecule has 182 valence electrons. The lowest BCUT2D eigenvalue weighted by molar-refractivity contribution is -0.128. The predicted octanol–water partition coefficient (Wildman–Crippen LogP) is 4.42. The molecule has 12 heteroatoms. The van der Waals surface area contributed by atoms with E-state index in [1.165, 1.54) is 12.1 Å². The van der Waals surface area contributed by atoms with Crippen molar-refractivity contribution in [3.63, 3.8) is 0 Å². The van der Waals surface area contributed by atoms with Crippen LogP contribution in [0.1, 0.15) is 45.6 Å². The minimum atomic E-state index is -0.567. The lowest BCUT2D eigenvalue weighted by Crippen LogP contribution is -2.38. The molecule has 1 aliphatic rings. The molecule has 1 fully saturated rings. The zero-order valence-corrected chi connectivity index (χ0v) is 20.3. The summed E-state index contributed by atoms with van der Waals surface area (Å²) in [5.41, 5.74) is 6.48. The molecule has 1 aliphatic carbocycles. The SMILES string of the molecule is C[C@@H](CO)Nc1ncc2nc(Nc3c(Cl)cc(F)cc3Cl)n(C3CCC(C)(C(N)=O)CC3)c2n1. The van der Waals surface area contributed by atoms with Gasteiger partial charge in [-0.2, -0.15) is 4.98 Å². The third-order valence-electron chi connectivity index (χ3n) is 6.34. The Labute approximate surface area is 205 Å². The van der Waals surface area contributed by atoms with E-state index in [4.69, 9.17) is 28.9 Å². The molecule has 2 aromatic heterocycles. The van der Waals surface area contributed by atoms with Gasteiger partial charge in [0.1, 0.15) is 11.3 Å². The van der Waals surface area contributed by atoms with E-state index in [0.717, 1.165) is 0 Å². The Balaban J connectivity index is 1.78. The molecule has 0 unspecified atom stereocenters. The maximum atomic E-state index is 13.7. The molecular weight excluding hydrogens is 484 g/mol. The number of rotatable bonds is 7. The van der Waals surface area contributed by atoms with Crippen molar-refractivity contribution >= 4 is 57.9 Å². The number of nitrogens with two attached hydrogens (primary N) is 1. The number of hydrogen-bond acceptors (Lipinski definition) is 7. The van der Waals surface area contributed by atoms with Gasteiger partial charge in [0.25, 0.3) is 0 Å². The molecule has 0 aliphatic heterocycles. The van der Waals surface area contributed by atoms with Gasteiger partial charge in [0, 0.05) is 17.5 Å². The van der Waals surface area contributed by atoms with Crippen LogP contribution in [0.2, 0.25) is 10.0 Å². The van der Waals surface area contributed by atoms with Crippen molar-refractivity contribution in [3.8, 4) is 0 Å². The smallest absolute Gasteiger partial charge is 0.225 e. The summed E-state index contributed by atoms with van der Waals surface area (Å²) in [5.74, 6) is -0.0970. The Hall–Kier alpha value is -2.69. The number of imidazole rings is 1. The van der Waals surface area contributed by atoms with Crippen LogP contribution in [-0.4, -0.2) is 43.2 Å². The summed E-state index contributed by atoms with van der Waals surface area (Å²) in [6.45, 7) is 3.61. The van der Waals surface area contributed by atoms with Crippen molar-refractivity contribution in [3.05, 3.63) is 34.2 Å². The van der Waals surface area contributed by atoms with Crippen LogP contribution in [0.15, 0.2) is 18.3 Å². The Bertz CT molecular complexity index is 1200. The number of aliphatic hydroxyl groups is 1. The van der Waals surface area contributed by atoms with Gasteiger partial charge < -0.3 is 21.5 Å². The Morgan fingerprint density at radius 3 is 2.56 bits per heavy atom. The Kier molecular flexibility index (Phi) is 6.84. The van der Waals surface area contributed by atoms with Gasteiger partial charge in [-0.15, -0.1) is 0 Å². The second-order valence-corrected chi connectivity index (χ2v) is 9.78. The zero-order chi connectivity index (χ0) is 24.6. The summed E-state index contributed by atoms with van der Waals surface area (Å²) in [7, 11) is 0. The summed E-state index contributed by atoms with van der Waals surface area (Å²) in [6, 6.07) is 2.05. The van der Waals surface area contributed by atoms with Crippen molar-refractivity contribution in [2.45, 2.75) is 51.6 Å². The molecule has 3 aromatic rings. The van der Waals surface area contributed by atoms with Crippen molar-refractivity contribution in [2.75, 3.05) is 17.2 Å². The first kappa shape index (κ1) is 24.4. The average molecular weight is 510 g/mol. The minimum absolute atomic E-state index is 0.0454. The maximum absolute atomic E-state index is 13.7. The fourth-order valence-electron chi connectivity index (χ4n) is 4.18. The molecule has 1 atom stereocenters. The molecule has 2 heterocycles. The fraction of sp³-hybridized carbons (Fsp3) is 0.455. The van der Waals surface area contributed by atoms with Crippen molar-refractivity contribution < 1.29 is 14.3 Å². The van der Waals surface area contributed by atoms with E-state index in [2.05, 4.69) is 25.6 Å². The van der Waals surface area contributed by atoms with E-state index in [1.807, 2.05) is 18.4 Å². The third kappa shape index (κ3) is 4.75. The van der Waals surface area contributed by atoms with Gasteiger partial charge in [-0.05, 0) is 44.7 Å². The number of hydrogen-bond donors (Lipinski definition) is 4. The van der Waals surface area contributed by atoms with E-state index in [-0.39, 0.29) is 34.6 Å². The number of primary amides is 1. The second kappa shape index (κ2) is 9.52. The molecule has 9 nitrogen and oxygen atoms in total. The highest BCUT2D eigenvalue weighted by atomic mass is 35.5. The topological polar surface area (TPSA) is 131 Å². The van der Waals surface area contributed by atoms with Crippen molar-refractivity contribution in [2.24, 2.45) is 11.1 Å². The first-order valence-corrected chi connectivity index (χ1v) is 11.7. The Morgan fingerprint density at radius 2 is 1.97 bits per heavy atom. The number of benzene rings is 1. The number of aliphatic hydroxyl groups excluding tert-OH is 1. The minimum Gasteiger partial charge on any atom is -0.394 e. The highest BCUT2D eigenvalue weighted by molar-refractivity contribution is 6.39. The van der Waals surface area contributed by atoms with E-state index in [1.54, 1.807) is 6.20 Å². The van der Waals surface area contributed by atoms with Crippen LogP contribution < -0.4 is 16.4 Å². The number of halogens is 3. The van der Waals surface area contributed by atoms with E-state index >= 15 is 0 Å². The number of carbonyl (C=O) groups excluding carboxylic acids is 1. The van der Waals surface area contributed by atoms with E-state index in [9.17, 15) is 14.3 Å². The van der Waals surface area contributed by atoms with E-state index < -0.39 is 11.2 Å². The van der Waals surface area contributed by atoms with Crippen LogP contribution in [0.25, 0.3) is 11.2 Å². The van der Waals surface area contributed by atoms with Crippen LogP contribution in [0.4, 0.5) is 22.0 Å². The van der Waals surface area contributed by atoms with E-state index in [0.29, 0.717) is 54.4 Å². The summed E-state index contributed by atoms with van der Waals surface area (Å²) in [4.78, 5) is 25.5. The zero-order valence-electron chi connectivity index (χ0n) is 18.8. The number of amides is 1. The number of nitrogens with zero attached hydrogens (tertiary/aromatic N) is 4. The fourth-order valence-corrected chi connectivity index (χ4v) is 4.73. The van der Waals surface area contributed by atoms with Gasteiger partial charge in [-0.1, -0.05) is 30.1 Å². The number of fused-ring (bicyclic) bond motifs is 1. The molecule has 1 saturated carbocycles. The summed E-state index contributed by atoms with van der Waals surface area (Å²) < 4.78 is 15.6. The summed E-state index contributed by atoms with van der Waals surface area (Å²) >= 11 is 12.5. The van der Waals surface area contributed by atoms with Gasteiger partial charge in [-0.3, -0.25) is 9.36 Å². The molecule has 1 aromatic carbocycles. The van der Waals surface area contributed by atoms with Crippen LogP contribution in [-0.2, 0) is 4.79 Å². The van der Waals surface area contributed by atoms with Crippen LogP contribution >= 0.6 is 23.2 Å². The monoisotopic (exact) mass is 509 g/mol. The Morgan fingerprint density at radius 1 is 1.32 bits per heavy atom. The van der Waals surface area contributed by atoms with Gasteiger partial charge >= 0.3 is 0 Å². The second-order valence-electron chi connectivity index (χ2n) is 8.96.